The SMILES string of the molecule is COc1ccccc1COCCCOc1ccc([C@H]2CCNC[C@@H]2OCCOc2ccccc2CCC(=O)N(C)O)cc1. The molecule has 1 saturated heterocycles. The van der Waals surface area contributed by atoms with E-state index in [1.165, 1.54) is 12.6 Å². The van der Waals surface area contributed by atoms with Gasteiger partial charge in [0, 0.05) is 37.9 Å². The van der Waals surface area contributed by atoms with Gasteiger partial charge in [-0.15, -0.1) is 0 Å². The third-order valence-corrected chi connectivity index (χ3v) is 7.50. The number of amides is 1. The Hall–Kier alpha value is -3.63. The summed E-state index contributed by atoms with van der Waals surface area (Å²) >= 11 is 0. The van der Waals surface area contributed by atoms with Gasteiger partial charge in [0.15, 0.2) is 0 Å². The van der Waals surface area contributed by atoms with Crippen LogP contribution in [0.5, 0.6) is 17.2 Å². The number of aryl methyl sites for hydroxylation is 1. The summed E-state index contributed by atoms with van der Waals surface area (Å²) in [6, 6.07) is 23.9. The molecule has 0 aromatic heterocycles. The van der Waals surface area contributed by atoms with Gasteiger partial charge in [-0.1, -0.05) is 48.5 Å². The molecule has 1 fully saturated rings. The topological polar surface area (TPSA) is 98.7 Å². The summed E-state index contributed by atoms with van der Waals surface area (Å²) in [7, 11) is 3.00. The molecular formula is C34H44N2O7. The molecule has 0 bridgehead atoms. The molecule has 9 heteroatoms. The average Bonchev–Trinajstić information content (AvgIpc) is 3.04. The first-order chi connectivity index (χ1) is 21.0. The van der Waals surface area contributed by atoms with E-state index in [2.05, 4.69) is 17.4 Å². The molecule has 2 atom stereocenters. The first kappa shape index (κ1) is 32.3. The molecule has 0 saturated carbocycles. The summed E-state index contributed by atoms with van der Waals surface area (Å²) in [5, 5.41) is 13.4. The Morgan fingerprint density at radius 1 is 0.907 bits per heavy atom. The van der Waals surface area contributed by atoms with Crippen LogP contribution in [-0.4, -0.2) is 76.0 Å². The predicted octanol–water partition coefficient (Wildman–Crippen LogP) is 5.00. The molecule has 2 N–H and O–H groups in total. The maximum Gasteiger partial charge on any atom is 0.245 e. The van der Waals surface area contributed by atoms with E-state index < -0.39 is 0 Å². The highest BCUT2D eigenvalue weighted by atomic mass is 16.5. The van der Waals surface area contributed by atoms with Crippen molar-refractivity contribution in [1.82, 2.24) is 10.4 Å². The molecule has 0 unspecified atom stereocenters. The zero-order valence-corrected chi connectivity index (χ0v) is 25.2. The summed E-state index contributed by atoms with van der Waals surface area (Å²) in [6.45, 7) is 4.31. The van der Waals surface area contributed by atoms with E-state index in [0.717, 1.165) is 54.3 Å². The second kappa shape index (κ2) is 17.5. The highest BCUT2D eigenvalue weighted by molar-refractivity contribution is 5.74. The zero-order chi connectivity index (χ0) is 30.3. The highest BCUT2D eigenvalue weighted by Gasteiger charge is 2.27. The molecule has 1 aliphatic rings. The van der Waals surface area contributed by atoms with Crippen LogP contribution in [0.2, 0.25) is 0 Å². The summed E-state index contributed by atoms with van der Waals surface area (Å²) < 4.78 is 29.4. The van der Waals surface area contributed by atoms with Crippen LogP contribution in [0.25, 0.3) is 0 Å². The lowest BCUT2D eigenvalue weighted by Gasteiger charge is -2.32. The molecule has 232 valence electrons. The van der Waals surface area contributed by atoms with Gasteiger partial charge in [0.25, 0.3) is 0 Å². The number of carbonyl (C=O) groups excluding carboxylic acids is 1. The highest BCUT2D eigenvalue weighted by Crippen LogP contribution is 2.29. The Kier molecular flexibility index (Phi) is 13.1. The molecule has 9 nitrogen and oxygen atoms in total. The van der Waals surface area contributed by atoms with Gasteiger partial charge in [0.1, 0.15) is 23.9 Å². The number of nitrogens with zero attached hydrogens (tertiary/aromatic N) is 1. The molecule has 4 rings (SSSR count). The Bertz CT molecular complexity index is 1250. The number of nitrogens with one attached hydrogen (secondary N) is 1. The maximum atomic E-state index is 11.8. The van der Waals surface area contributed by atoms with Crippen LogP contribution < -0.4 is 19.5 Å². The summed E-state index contributed by atoms with van der Waals surface area (Å²) in [4.78, 5) is 11.8. The minimum atomic E-state index is -0.334. The number of hydroxylamine groups is 2. The number of ether oxygens (including phenoxy) is 5. The standard InChI is InChI=1S/C34H44N2O7/c1-36(38)34(37)17-14-27-8-3-6-11-32(27)42-22-23-43-33-24-35-19-18-30(33)26-12-15-29(16-13-26)41-21-7-20-40-25-28-9-4-5-10-31(28)39-2/h3-6,8-13,15-16,30,33,35,38H,7,14,17-25H2,1-2H3/t30-,33+/m1/s1. The number of rotatable bonds is 17. The number of piperidine rings is 1. The number of carbonyl (C=O) groups is 1. The van der Waals surface area contributed by atoms with Crippen molar-refractivity contribution in [2.24, 2.45) is 0 Å². The fraction of sp³-hybridized carbons (Fsp3) is 0.441. The van der Waals surface area contributed by atoms with Crippen LogP contribution in [0.3, 0.4) is 0 Å². The van der Waals surface area contributed by atoms with Gasteiger partial charge in [0.2, 0.25) is 5.91 Å². The van der Waals surface area contributed by atoms with Gasteiger partial charge >= 0.3 is 0 Å². The minimum absolute atomic E-state index is 0.0393. The minimum Gasteiger partial charge on any atom is -0.496 e. The van der Waals surface area contributed by atoms with E-state index in [1.54, 1.807) is 7.11 Å². The third-order valence-electron chi connectivity index (χ3n) is 7.50. The number of para-hydroxylation sites is 2. The molecule has 1 heterocycles. The molecule has 3 aromatic rings. The van der Waals surface area contributed by atoms with Crippen LogP contribution in [0.4, 0.5) is 0 Å². The molecule has 0 spiro atoms. The zero-order valence-electron chi connectivity index (χ0n) is 25.2. The Morgan fingerprint density at radius 3 is 2.42 bits per heavy atom. The molecular weight excluding hydrogens is 548 g/mol. The number of methoxy groups -OCH3 is 1. The van der Waals surface area contributed by atoms with Gasteiger partial charge in [-0.05, 0) is 54.8 Å². The van der Waals surface area contributed by atoms with Crippen LogP contribution in [-0.2, 0) is 27.3 Å². The lowest BCUT2D eigenvalue weighted by molar-refractivity contribution is -0.159. The van der Waals surface area contributed by atoms with Crippen LogP contribution >= 0.6 is 0 Å². The summed E-state index contributed by atoms with van der Waals surface area (Å²) in [5.74, 6) is 2.37. The largest absolute Gasteiger partial charge is 0.496 e. The Labute approximate surface area is 254 Å². The molecule has 0 aliphatic carbocycles. The van der Waals surface area contributed by atoms with Gasteiger partial charge < -0.3 is 29.0 Å². The monoisotopic (exact) mass is 592 g/mol. The first-order valence-corrected chi connectivity index (χ1v) is 15.0. The van der Waals surface area contributed by atoms with Gasteiger partial charge in [-0.2, -0.15) is 0 Å². The van der Waals surface area contributed by atoms with Gasteiger partial charge in [0.05, 0.1) is 39.6 Å². The lowest BCUT2D eigenvalue weighted by atomic mass is 9.88. The maximum absolute atomic E-state index is 11.8. The fourth-order valence-electron chi connectivity index (χ4n) is 5.16. The average molecular weight is 593 g/mol. The van der Waals surface area contributed by atoms with E-state index in [9.17, 15) is 10.0 Å². The number of benzene rings is 3. The molecule has 43 heavy (non-hydrogen) atoms. The first-order valence-electron chi connectivity index (χ1n) is 15.0. The van der Waals surface area contributed by atoms with Crippen molar-refractivity contribution in [1.29, 1.82) is 0 Å². The fourth-order valence-corrected chi connectivity index (χ4v) is 5.16. The van der Waals surface area contributed by atoms with Crippen molar-refractivity contribution in [2.75, 3.05) is 53.7 Å². The van der Waals surface area contributed by atoms with E-state index in [0.29, 0.717) is 44.5 Å². The van der Waals surface area contributed by atoms with Crippen molar-refractivity contribution < 1.29 is 33.7 Å². The van der Waals surface area contributed by atoms with Crippen molar-refractivity contribution in [2.45, 2.75) is 44.3 Å². The molecule has 3 aromatic carbocycles. The summed E-state index contributed by atoms with van der Waals surface area (Å²) in [6.07, 6.45) is 2.53. The van der Waals surface area contributed by atoms with E-state index in [1.807, 2.05) is 60.7 Å². The van der Waals surface area contributed by atoms with Crippen LogP contribution in [0.15, 0.2) is 72.8 Å². The second-order valence-corrected chi connectivity index (χ2v) is 10.5. The molecule has 1 amide bonds. The quantitative estimate of drug-likeness (QED) is 0.128. The Balaban J connectivity index is 1.17. The van der Waals surface area contributed by atoms with Crippen molar-refractivity contribution in [3.63, 3.8) is 0 Å². The second-order valence-electron chi connectivity index (χ2n) is 10.5. The van der Waals surface area contributed by atoms with Crippen LogP contribution in [0, 0.1) is 0 Å². The van der Waals surface area contributed by atoms with Crippen molar-refractivity contribution in [3.05, 3.63) is 89.5 Å². The number of hydrogen-bond donors (Lipinski definition) is 2. The van der Waals surface area contributed by atoms with E-state index in [-0.39, 0.29) is 24.3 Å². The Morgan fingerprint density at radius 2 is 1.65 bits per heavy atom. The van der Waals surface area contributed by atoms with Crippen LogP contribution in [0.1, 0.15) is 41.9 Å². The molecule has 1 aliphatic heterocycles. The predicted molar refractivity (Wildman–Crippen MR) is 164 cm³/mol. The number of hydrogen-bond acceptors (Lipinski definition) is 8. The third kappa shape index (κ3) is 10.2. The van der Waals surface area contributed by atoms with Crippen molar-refractivity contribution >= 4 is 5.91 Å². The van der Waals surface area contributed by atoms with Crippen molar-refractivity contribution in [3.8, 4) is 17.2 Å². The lowest BCUT2D eigenvalue weighted by Crippen LogP contribution is -2.41. The normalized spacial score (nSPS) is 16.4. The van der Waals surface area contributed by atoms with Gasteiger partial charge in [-0.25, -0.2) is 5.06 Å². The van der Waals surface area contributed by atoms with Gasteiger partial charge in [-0.3, -0.25) is 10.0 Å². The van der Waals surface area contributed by atoms with E-state index in [4.69, 9.17) is 23.7 Å². The smallest absolute Gasteiger partial charge is 0.245 e. The molecule has 0 radical (unpaired) electrons. The summed E-state index contributed by atoms with van der Waals surface area (Å²) in [5.41, 5.74) is 3.21. The van der Waals surface area contributed by atoms with E-state index >= 15 is 0 Å².